The van der Waals surface area contributed by atoms with Crippen LogP contribution in [-0.2, 0) is 30.2 Å². The van der Waals surface area contributed by atoms with E-state index in [1.165, 1.54) is 12.8 Å². The smallest absolute Gasteiger partial charge is 0.490 e. The lowest BCUT2D eigenvalue weighted by Crippen LogP contribution is -2.57. The molecule has 0 aromatic heterocycles. The monoisotopic (exact) mass is 1260 g/mol. The Bertz CT molecular complexity index is 2680. The second kappa shape index (κ2) is 35.4. The zero-order valence-corrected chi connectivity index (χ0v) is 54.1. The molecule has 4 atom stereocenters. The Kier molecular flexibility index (Phi) is 29.2. The lowest BCUT2D eigenvalue weighted by atomic mass is 9.94. The van der Waals surface area contributed by atoms with E-state index in [-0.39, 0.29) is 54.0 Å². The standard InChI is InChI=1S/C33H46ClN3O5.C30H49N3O6.C2HF3O2/c1-23(2)37(33(39)25-10-15-30(41-4)31(20-25)42-19-7-18-40-3)28-12-11-26(35-22-28)16-17-36(27-13-14-27)32(38)21-24-8-5-6-9-29(24)34;1-21(2)33(28(34)22-9-14-26(37-7)27(19-22)38-18-8-17-36-6)25-13-12-24(15-16-31-23-10-11-23)32(20-25)29(35)39-30(3,4)5;3-2(4,5)1(6)7/h5-6,8-10,15,20,23,26-28,35H,7,11-14,16-19,21-22H2,1-4H3;9,14,19,21,23-25,31H,8,10-13,15-18,20H2,1-7H3;(H,6,7)/t26-,28-;24-,25-;/m11./s1. The molecule has 4 aliphatic rings. The highest BCUT2D eigenvalue weighted by Crippen LogP contribution is 2.34. The number of halogens is 4. The van der Waals surface area contributed by atoms with E-state index in [1.807, 2.05) is 79.7 Å². The van der Waals surface area contributed by atoms with Crippen molar-refractivity contribution in [1.29, 1.82) is 0 Å². The van der Waals surface area contributed by atoms with Gasteiger partial charge in [-0.05, 0) is 167 Å². The van der Waals surface area contributed by atoms with Crippen LogP contribution in [0.2, 0.25) is 5.02 Å². The van der Waals surface area contributed by atoms with E-state index < -0.39 is 17.7 Å². The summed E-state index contributed by atoms with van der Waals surface area (Å²) in [5, 5.41) is 15.0. The summed E-state index contributed by atoms with van der Waals surface area (Å²) >= 11 is 6.32. The van der Waals surface area contributed by atoms with E-state index in [0.29, 0.717) is 96.7 Å². The number of hydrogen-bond donors (Lipinski definition) is 3. The van der Waals surface area contributed by atoms with Crippen molar-refractivity contribution in [2.45, 2.75) is 192 Å². The first-order valence-electron chi connectivity index (χ1n) is 30.8. The number of rotatable bonds is 28. The van der Waals surface area contributed by atoms with Crippen LogP contribution >= 0.6 is 11.6 Å². The summed E-state index contributed by atoms with van der Waals surface area (Å²) in [6, 6.07) is 19.6. The van der Waals surface area contributed by atoms with E-state index in [9.17, 15) is 32.3 Å². The Morgan fingerprint density at radius 3 is 1.67 bits per heavy atom. The number of amides is 4. The first-order valence-corrected chi connectivity index (χ1v) is 31.2. The molecule has 0 radical (unpaired) electrons. The average molecular weight is 1260 g/mol. The Morgan fingerprint density at radius 2 is 1.22 bits per heavy atom. The number of carbonyl (C=O) groups excluding carboxylic acids is 4. The number of carboxylic acid groups (broad SMARTS) is 1. The van der Waals surface area contributed by atoms with Crippen LogP contribution in [0.25, 0.3) is 0 Å². The van der Waals surface area contributed by atoms with Gasteiger partial charge in [-0.15, -0.1) is 0 Å². The van der Waals surface area contributed by atoms with E-state index in [1.54, 1.807) is 58.8 Å². The van der Waals surface area contributed by atoms with Gasteiger partial charge in [-0.2, -0.15) is 13.2 Å². The van der Waals surface area contributed by atoms with Crippen molar-refractivity contribution >= 4 is 41.4 Å². The van der Waals surface area contributed by atoms with E-state index in [4.69, 9.17) is 54.7 Å². The summed E-state index contributed by atoms with van der Waals surface area (Å²) in [5.41, 5.74) is 1.42. The van der Waals surface area contributed by atoms with Gasteiger partial charge in [0.25, 0.3) is 11.8 Å². The van der Waals surface area contributed by atoms with Crippen LogP contribution in [-0.4, -0.2) is 196 Å². The fourth-order valence-corrected chi connectivity index (χ4v) is 11.1. The lowest BCUT2D eigenvalue weighted by molar-refractivity contribution is -0.192. The molecule has 7 rings (SSSR count). The van der Waals surface area contributed by atoms with Gasteiger partial charge in [-0.25, -0.2) is 9.59 Å². The molecule has 2 saturated heterocycles. The van der Waals surface area contributed by atoms with Gasteiger partial charge in [0, 0.05) is 118 Å². The minimum absolute atomic E-state index is 0.00952. The molecular weight excluding hydrogens is 1170 g/mol. The van der Waals surface area contributed by atoms with Crippen LogP contribution < -0.4 is 29.6 Å². The normalized spacial score (nSPS) is 18.4. The van der Waals surface area contributed by atoms with Crippen LogP contribution in [0.1, 0.15) is 152 Å². The van der Waals surface area contributed by atoms with E-state index >= 15 is 0 Å². The molecular formula is C65H96ClF3N6O13. The third kappa shape index (κ3) is 23.4. The van der Waals surface area contributed by atoms with Gasteiger partial charge in [0.15, 0.2) is 23.0 Å². The molecule has 4 fully saturated rings. The molecule has 88 heavy (non-hydrogen) atoms. The number of hydrogen-bond acceptors (Lipinski definition) is 14. The maximum Gasteiger partial charge on any atom is 0.490 e. The first-order chi connectivity index (χ1) is 41.8. The molecule has 0 spiro atoms. The molecule has 2 saturated carbocycles. The second-order valence-corrected chi connectivity index (χ2v) is 24.7. The number of aliphatic carboxylic acids is 1. The number of carboxylic acids is 1. The number of likely N-dealkylation sites (tertiary alicyclic amines) is 1. The molecule has 0 bridgehead atoms. The maximum absolute atomic E-state index is 13.9. The Labute approximate surface area is 523 Å². The van der Waals surface area contributed by atoms with Gasteiger partial charge >= 0.3 is 18.2 Å². The fourth-order valence-electron chi connectivity index (χ4n) is 10.9. The van der Waals surface area contributed by atoms with Crippen molar-refractivity contribution < 1.29 is 75.4 Å². The van der Waals surface area contributed by atoms with Gasteiger partial charge in [-0.3, -0.25) is 14.4 Å². The lowest BCUT2D eigenvalue weighted by Gasteiger charge is -2.45. The largest absolute Gasteiger partial charge is 0.493 e. The zero-order valence-electron chi connectivity index (χ0n) is 53.4. The molecule has 3 aromatic carbocycles. The predicted octanol–water partition coefficient (Wildman–Crippen LogP) is 10.9. The fraction of sp³-hybridized carbons (Fsp3) is 0.646. The summed E-state index contributed by atoms with van der Waals surface area (Å²) in [6.07, 6.45) is 6.34. The molecule has 3 N–H and O–H groups in total. The highest BCUT2D eigenvalue weighted by Gasteiger charge is 2.41. The topological polar surface area (TPSA) is 207 Å². The van der Waals surface area contributed by atoms with Gasteiger partial charge in [0.2, 0.25) is 5.91 Å². The molecule has 492 valence electrons. The number of benzene rings is 3. The summed E-state index contributed by atoms with van der Waals surface area (Å²) in [6.45, 7) is 18.8. The molecule has 0 unspecified atom stereocenters. The molecule has 3 aromatic rings. The average Bonchev–Trinajstić information content (AvgIpc) is 4.30. The number of carbonyl (C=O) groups is 5. The Hall–Kier alpha value is -6.07. The minimum atomic E-state index is -5.08. The molecule has 2 aliphatic heterocycles. The highest BCUT2D eigenvalue weighted by atomic mass is 35.5. The Morgan fingerprint density at radius 1 is 0.693 bits per heavy atom. The number of alkyl halides is 3. The van der Waals surface area contributed by atoms with Crippen molar-refractivity contribution in [2.24, 2.45) is 0 Å². The van der Waals surface area contributed by atoms with Gasteiger partial charge in [0.1, 0.15) is 5.60 Å². The third-order valence-corrected chi connectivity index (χ3v) is 15.9. The molecule has 4 amide bonds. The van der Waals surface area contributed by atoms with E-state index in [0.717, 1.165) is 89.4 Å². The first kappa shape index (κ1) is 72.7. The summed E-state index contributed by atoms with van der Waals surface area (Å²) in [4.78, 5) is 70.9. The Balaban J connectivity index is 0.000000290. The van der Waals surface area contributed by atoms with Gasteiger partial charge < -0.3 is 68.5 Å². The van der Waals surface area contributed by atoms with Crippen LogP contribution in [0.4, 0.5) is 18.0 Å². The number of nitrogens with zero attached hydrogens (tertiary/aromatic N) is 4. The second-order valence-electron chi connectivity index (χ2n) is 24.3. The molecule has 2 aliphatic carbocycles. The van der Waals surface area contributed by atoms with Crippen molar-refractivity contribution in [3.8, 4) is 23.0 Å². The van der Waals surface area contributed by atoms with Crippen molar-refractivity contribution in [1.82, 2.24) is 30.2 Å². The van der Waals surface area contributed by atoms with Crippen LogP contribution in [0.5, 0.6) is 23.0 Å². The minimum Gasteiger partial charge on any atom is -0.493 e. The van der Waals surface area contributed by atoms with Gasteiger partial charge in [0.05, 0.1) is 39.9 Å². The van der Waals surface area contributed by atoms with Crippen molar-refractivity contribution in [2.75, 3.05) is 81.0 Å². The number of methoxy groups -OCH3 is 4. The number of nitrogens with one attached hydrogen (secondary N) is 2. The summed E-state index contributed by atoms with van der Waals surface area (Å²) < 4.78 is 70.5. The van der Waals surface area contributed by atoms with E-state index in [2.05, 4.69) is 29.4 Å². The summed E-state index contributed by atoms with van der Waals surface area (Å²) in [7, 11) is 6.50. The quantitative estimate of drug-likeness (QED) is 0.0578. The number of ether oxygens (including phenoxy) is 7. The predicted molar refractivity (Wildman–Crippen MR) is 331 cm³/mol. The van der Waals surface area contributed by atoms with Crippen LogP contribution in [0, 0.1) is 0 Å². The molecule has 19 nitrogen and oxygen atoms in total. The third-order valence-electron chi connectivity index (χ3n) is 15.5. The summed E-state index contributed by atoms with van der Waals surface area (Å²) in [5.74, 6) is -0.420. The van der Waals surface area contributed by atoms with Crippen molar-refractivity contribution in [3.63, 3.8) is 0 Å². The highest BCUT2D eigenvalue weighted by molar-refractivity contribution is 6.31. The van der Waals surface area contributed by atoms with Gasteiger partial charge in [-0.1, -0.05) is 29.8 Å². The zero-order chi connectivity index (χ0) is 64.7. The van der Waals surface area contributed by atoms with Crippen LogP contribution in [0.15, 0.2) is 60.7 Å². The SMILES string of the molecule is COCCCOc1cc(C(=O)N(C(C)C)[C@@H]2CC[C@H](CCN(C(=O)Cc3ccccc3Cl)C3CC3)NC2)ccc1OC.COCCCOc1cc(C(=O)N(C(C)C)[C@@H]2CC[C@H](CCNC3CC3)N(C(=O)OC(C)(C)C)C2)ccc1OC.O=C(O)C(F)(F)F. The van der Waals surface area contributed by atoms with Crippen LogP contribution in [0.3, 0.4) is 0 Å². The molecule has 2 heterocycles. The van der Waals surface area contributed by atoms with Crippen molar-refractivity contribution in [3.05, 3.63) is 82.4 Å². The maximum atomic E-state index is 13.9. The number of piperidine rings is 2. The molecule has 23 heteroatoms.